The Morgan fingerprint density at radius 3 is 1.74 bits per heavy atom. The van der Waals surface area contributed by atoms with Gasteiger partial charge in [-0.25, -0.2) is 4.79 Å². The SMILES string of the molecule is CC1CC(=O)N(CCCC(=O)NCC(=O)NCC(=O)NCC(=O)NCCC(=O)ON2C(=O)CC(C)C2=O)C1=O. The third-order valence-electron chi connectivity index (χ3n) is 5.77. The van der Waals surface area contributed by atoms with Crippen LogP contribution in [-0.2, 0) is 48.0 Å². The molecule has 0 saturated carbocycles. The summed E-state index contributed by atoms with van der Waals surface area (Å²) < 4.78 is 0. The molecule has 214 valence electrons. The van der Waals surface area contributed by atoms with Gasteiger partial charge in [-0.15, -0.1) is 5.06 Å². The Bertz CT molecular complexity index is 1040. The molecule has 2 fully saturated rings. The molecule has 0 aromatic carbocycles. The lowest BCUT2D eigenvalue weighted by atomic mass is 10.1. The summed E-state index contributed by atoms with van der Waals surface area (Å²) in [5.41, 5.74) is 0. The molecular formula is C23H32N6O10. The molecule has 2 aliphatic heterocycles. The lowest BCUT2D eigenvalue weighted by Gasteiger charge is -2.14. The maximum Gasteiger partial charge on any atom is 0.334 e. The van der Waals surface area contributed by atoms with Crippen LogP contribution in [0.2, 0.25) is 0 Å². The van der Waals surface area contributed by atoms with E-state index in [1.165, 1.54) is 6.92 Å². The van der Waals surface area contributed by atoms with Gasteiger partial charge in [0, 0.05) is 44.2 Å². The van der Waals surface area contributed by atoms with Gasteiger partial charge in [-0.1, -0.05) is 13.8 Å². The summed E-state index contributed by atoms with van der Waals surface area (Å²) in [5, 5.41) is 9.64. The van der Waals surface area contributed by atoms with Crippen LogP contribution in [0.1, 0.15) is 46.0 Å². The number of nitrogens with zero attached hydrogens (tertiary/aromatic N) is 2. The highest BCUT2D eigenvalue weighted by molar-refractivity contribution is 6.03. The molecule has 16 nitrogen and oxygen atoms in total. The second kappa shape index (κ2) is 14.5. The van der Waals surface area contributed by atoms with Crippen LogP contribution < -0.4 is 21.3 Å². The molecule has 0 bridgehead atoms. The Morgan fingerprint density at radius 1 is 0.718 bits per heavy atom. The number of hydrogen-bond acceptors (Lipinski definition) is 10. The van der Waals surface area contributed by atoms with Gasteiger partial charge in [-0.3, -0.25) is 43.3 Å². The highest BCUT2D eigenvalue weighted by Gasteiger charge is 2.39. The largest absolute Gasteiger partial charge is 0.354 e. The molecule has 0 radical (unpaired) electrons. The van der Waals surface area contributed by atoms with Gasteiger partial charge in [0.15, 0.2) is 0 Å². The summed E-state index contributed by atoms with van der Waals surface area (Å²) in [7, 11) is 0. The molecule has 0 aliphatic carbocycles. The van der Waals surface area contributed by atoms with Crippen LogP contribution in [0.3, 0.4) is 0 Å². The number of imide groups is 2. The smallest absolute Gasteiger partial charge is 0.334 e. The third-order valence-corrected chi connectivity index (χ3v) is 5.77. The Hall–Kier alpha value is -4.37. The zero-order chi connectivity index (χ0) is 29.1. The van der Waals surface area contributed by atoms with Crippen molar-refractivity contribution in [3.05, 3.63) is 0 Å². The molecule has 2 aliphatic rings. The first-order valence-corrected chi connectivity index (χ1v) is 12.4. The van der Waals surface area contributed by atoms with E-state index in [4.69, 9.17) is 4.84 Å². The van der Waals surface area contributed by atoms with E-state index in [-0.39, 0.29) is 62.9 Å². The molecular weight excluding hydrogens is 520 g/mol. The Kier molecular flexibility index (Phi) is 11.5. The second-order valence-electron chi connectivity index (χ2n) is 9.12. The van der Waals surface area contributed by atoms with Gasteiger partial charge in [-0.2, -0.15) is 0 Å². The first kappa shape index (κ1) is 30.9. The minimum atomic E-state index is -0.892. The second-order valence-corrected chi connectivity index (χ2v) is 9.12. The fourth-order valence-corrected chi connectivity index (χ4v) is 3.60. The summed E-state index contributed by atoms with van der Waals surface area (Å²) in [4.78, 5) is 112. The number of amides is 8. The molecule has 2 rings (SSSR count). The molecule has 2 atom stereocenters. The lowest BCUT2D eigenvalue weighted by molar-refractivity contribution is -0.198. The molecule has 4 N–H and O–H groups in total. The number of hydroxylamine groups is 2. The van der Waals surface area contributed by atoms with Crippen molar-refractivity contribution in [1.29, 1.82) is 0 Å². The normalized spacial score (nSPS) is 18.7. The van der Waals surface area contributed by atoms with E-state index in [2.05, 4.69) is 21.3 Å². The fourth-order valence-electron chi connectivity index (χ4n) is 3.60. The highest BCUT2D eigenvalue weighted by atomic mass is 16.7. The van der Waals surface area contributed by atoms with E-state index in [1.807, 2.05) is 0 Å². The maximum atomic E-state index is 11.9. The number of carbonyl (C=O) groups excluding carboxylic acids is 9. The topological polar surface area (TPSA) is 217 Å². The molecule has 2 saturated heterocycles. The van der Waals surface area contributed by atoms with Crippen LogP contribution in [0.4, 0.5) is 0 Å². The van der Waals surface area contributed by atoms with E-state index in [9.17, 15) is 43.2 Å². The van der Waals surface area contributed by atoms with Gasteiger partial charge in [0.05, 0.1) is 26.1 Å². The predicted octanol–water partition coefficient (Wildman–Crippen LogP) is -3.13. The van der Waals surface area contributed by atoms with Crippen molar-refractivity contribution in [2.75, 3.05) is 32.7 Å². The van der Waals surface area contributed by atoms with Crippen molar-refractivity contribution in [3.63, 3.8) is 0 Å². The van der Waals surface area contributed by atoms with Crippen LogP contribution in [0.25, 0.3) is 0 Å². The van der Waals surface area contributed by atoms with Crippen molar-refractivity contribution >= 4 is 53.2 Å². The van der Waals surface area contributed by atoms with Crippen molar-refractivity contribution in [2.45, 2.75) is 46.0 Å². The van der Waals surface area contributed by atoms with Crippen LogP contribution in [0.5, 0.6) is 0 Å². The molecule has 0 aromatic heterocycles. The van der Waals surface area contributed by atoms with Crippen LogP contribution >= 0.6 is 0 Å². The third kappa shape index (κ3) is 9.79. The summed E-state index contributed by atoms with van der Waals surface area (Å²) in [6, 6.07) is 0. The van der Waals surface area contributed by atoms with Crippen molar-refractivity contribution in [1.82, 2.24) is 31.2 Å². The summed E-state index contributed by atoms with van der Waals surface area (Å²) in [5.74, 6) is -6.02. The standard InChI is InChI=1S/C23H32N6O10/c1-13-8-19(34)28(22(13)37)7-3-4-15(30)25-11-17(32)27-12-18(33)26-10-16(31)24-6-5-21(36)39-29-20(35)9-14(2)23(29)38/h13-14H,3-12H2,1-2H3,(H,24,31)(H,25,30)(H,26,33)(H,27,32). The average molecular weight is 553 g/mol. The van der Waals surface area contributed by atoms with Crippen molar-refractivity contribution < 1.29 is 48.0 Å². The molecule has 0 aromatic rings. The van der Waals surface area contributed by atoms with Gasteiger partial charge >= 0.3 is 5.97 Å². The monoisotopic (exact) mass is 552 g/mol. The van der Waals surface area contributed by atoms with Gasteiger partial charge in [0.2, 0.25) is 35.4 Å². The predicted molar refractivity (Wildman–Crippen MR) is 128 cm³/mol. The molecule has 8 amide bonds. The maximum absolute atomic E-state index is 11.9. The molecule has 2 unspecified atom stereocenters. The van der Waals surface area contributed by atoms with Gasteiger partial charge in [0.25, 0.3) is 11.8 Å². The van der Waals surface area contributed by atoms with E-state index in [0.717, 1.165) is 4.90 Å². The Morgan fingerprint density at radius 2 is 1.23 bits per heavy atom. The zero-order valence-electron chi connectivity index (χ0n) is 21.7. The Balaban J connectivity index is 1.50. The minimum absolute atomic E-state index is 0.000248. The van der Waals surface area contributed by atoms with Gasteiger partial charge < -0.3 is 26.1 Å². The van der Waals surface area contributed by atoms with Crippen LogP contribution in [0.15, 0.2) is 0 Å². The van der Waals surface area contributed by atoms with Gasteiger partial charge in [-0.05, 0) is 6.42 Å². The van der Waals surface area contributed by atoms with Crippen molar-refractivity contribution in [2.24, 2.45) is 11.8 Å². The van der Waals surface area contributed by atoms with E-state index in [0.29, 0.717) is 5.06 Å². The average Bonchev–Trinajstić information content (AvgIpc) is 3.26. The highest BCUT2D eigenvalue weighted by Crippen LogP contribution is 2.20. The quantitative estimate of drug-likeness (QED) is 0.159. The minimum Gasteiger partial charge on any atom is -0.354 e. The molecule has 0 spiro atoms. The molecule has 2 heterocycles. The fraction of sp³-hybridized carbons (Fsp3) is 0.609. The number of rotatable bonds is 14. The lowest BCUT2D eigenvalue weighted by Crippen LogP contribution is -2.44. The van der Waals surface area contributed by atoms with E-state index in [1.54, 1.807) is 6.92 Å². The summed E-state index contributed by atoms with van der Waals surface area (Å²) in [6.07, 6.45) is 0.0391. The summed E-state index contributed by atoms with van der Waals surface area (Å²) in [6.45, 7) is 1.86. The number of nitrogens with one attached hydrogen (secondary N) is 4. The van der Waals surface area contributed by atoms with Gasteiger partial charge in [0.1, 0.15) is 0 Å². The Labute approximate surface area is 223 Å². The number of likely N-dealkylation sites (tertiary alicyclic amines) is 1. The number of carbonyl (C=O) groups is 9. The number of hydrogen-bond donors (Lipinski definition) is 4. The van der Waals surface area contributed by atoms with Crippen molar-refractivity contribution in [3.8, 4) is 0 Å². The van der Waals surface area contributed by atoms with Crippen LogP contribution in [0, 0.1) is 11.8 Å². The first-order chi connectivity index (χ1) is 18.4. The molecule has 16 heteroatoms. The summed E-state index contributed by atoms with van der Waals surface area (Å²) >= 11 is 0. The van der Waals surface area contributed by atoms with Crippen LogP contribution in [-0.4, -0.2) is 95.9 Å². The van der Waals surface area contributed by atoms with E-state index < -0.39 is 67.0 Å². The first-order valence-electron chi connectivity index (χ1n) is 12.4. The zero-order valence-corrected chi connectivity index (χ0v) is 21.7. The van der Waals surface area contributed by atoms with E-state index >= 15 is 0 Å². The molecule has 39 heavy (non-hydrogen) atoms.